The number of carbonyl (C=O) groups excluding carboxylic acids is 1. The zero-order valence-corrected chi connectivity index (χ0v) is 15.8. The highest BCUT2D eigenvalue weighted by molar-refractivity contribution is 6.10. The number of nitrogens with one attached hydrogen (secondary N) is 1. The molecule has 0 aliphatic carbocycles. The lowest BCUT2D eigenvalue weighted by molar-refractivity contribution is -0.112. The molecule has 0 bridgehead atoms. The van der Waals surface area contributed by atoms with Crippen molar-refractivity contribution < 1.29 is 23.0 Å². The van der Waals surface area contributed by atoms with Gasteiger partial charge in [0.25, 0.3) is 5.91 Å². The molecule has 0 saturated carbocycles. The van der Waals surface area contributed by atoms with Gasteiger partial charge in [0.2, 0.25) is 0 Å². The van der Waals surface area contributed by atoms with Crippen LogP contribution in [0.25, 0.3) is 6.08 Å². The number of carbonyl (C=O) groups is 1. The summed E-state index contributed by atoms with van der Waals surface area (Å²) in [7, 11) is 0. The summed E-state index contributed by atoms with van der Waals surface area (Å²) in [6, 6.07) is 11.9. The van der Waals surface area contributed by atoms with Crippen LogP contribution < -0.4 is 14.8 Å². The number of rotatable bonds is 7. The van der Waals surface area contributed by atoms with Gasteiger partial charge in [-0.3, -0.25) is 4.79 Å². The number of anilines is 1. The van der Waals surface area contributed by atoms with Crippen molar-refractivity contribution in [3.63, 3.8) is 0 Å². The molecule has 0 aliphatic heterocycles. The minimum Gasteiger partial charge on any atom is -0.492 e. The van der Waals surface area contributed by atoms with E-state index in [-0.39, 0.29) is 11.3 Å². The van der Waals surface area contributed by atoms with E-state index in [1.807, 2.05) is 13.0 Å². The number of alkyl halides is 2. The summed E-state index contributed by atoms with van der Waals surface area (Å²) in [6.07, 6.45) is 1.39. The van der Waals surface area contributed by atoms with Crippen molar-refractivity contribution in [2.75, 3.05) is 11.9 Å². The first kappa shape index (κ1) is 20.9. The lowest BCUT2D eigenvalue weighted by Gasteiger charge is -2.13. The molecule has 2 aromatic carbocycles. The molecule has 0 saturated heterocycles. The molecule has 2 rings (SSSR count). The summed E-state index contributed by atoms with van der Waals surface area (Å²) in [5.41, 5.74) is 1.80. The van der Waals surface area contributed by atoms with E-state index in [0.717, 1.165) is 0 Å². The van der Waals surface area contributed by atoms with E-state index in [4.69, 9.17) is 4.74 Å². The van der Waals surface area contributed by atoms with Gasteiger partial charge in [-0.15, -0.1) is 0 Å². The highest BCUT2D eigenvalue weighted by Crippen LogP contribution is 2.28. The van der Waals surface area contributed by atoms with Gasteiger partial charge in [0.15, 0.2) is 0 Å². The first-order chi connectivity index (χ1) is 13.3. The number of benzene rings is 2. The topological polar surface area (TPSA) is 71.3 Å². The van der Waals surface area contributed by atoms with E-state index in [2.05, 4.69) is 10.1 Å². The van der Waals surface area contributed by atoms with Crippen molar-refractivity contribution in [2.45, 2.75) is 27.4 Å². The molecule has 0 spiro atoms. The molecule has 28 heavy (non-hydrogen) atoms. The Balaban J connectivity index is 2.29. The quantitative estimate of drug-likeness (QED) is 0.545. The molecular formula is C21H20F2N2O3. The van der Waals surface area contributed by atoms with Crippen LogP contribution in [0.15, 0.2) is 42.0 Å². The molecule has 0 fully saturated rings. The van der Waals surface area contributed by atoms with E-state index in [1.165, 1.54) is 6.08 Å². The molecular weight excluding hydrogens is 366 g/mol. The SMILES string of the molecule is CCOc1ccccc1NC(=O)/C(C#N)=C/c1cc(C)c(OC(F)F)c(C)c1. The van der Waals surface area contributed by atoms with E-state index in [9.17, 15) is 18.8 Å². The van der Waals surface area contributed by atoms with Gasteiger partial charge < -0.3 is 14.8 Å². The summed E-state index contributed by atoms with van der Waals surface area (Å²) in [5.74, 6) is -0.0190. The minimum atomic E-state index is -2.93. The van der Waals surface area contributed by atoms with Crippen LogP contribution in [0.5, 0.6) is 11.5 Å². The van der Waals surface area contributed by atoms with Crippen molar-refractivity contribution in [1.29, 1.82) is 5.26 Å². The summed E-state index contributed by atoms with van der Waals surface area (Å²) in [4.78, 5) is 12.5. The molecule has 0 aliphatic rings. The molecule has 0 radical (unpaired) electrons. The molecule has 1 amide bonds. The zero-order valence-electron chi connectivity index (χ0n) is 15.8. The number of amides is 1. The second kappa shape index (κ2) is 9.51. The summed E-state index contributed by atoms with van der Waals surface area (Å²) >= 11 is 0. The molecule has 0 heterocycles. The fraction of sp³-hybridized carbons (Fsp3) is 0.238. The number of aryl methyl sites for hydroxylation is 2. The summed E-state index contributed by atoms with van der Waals surface area (Å²) in [5, 5.41) is 12.0. The third-order valence-electron chi connectivity index (χ3n) is 3.80. The van der Waals surface area contributed by atoms with Crippen LogP contribution >= 0.6 is 0 Å². The number of ether oxygens (including phenoxy) is 2. The monoisotopic (exact) mass is 386 g/mol. The van der Waals surface area contributed by atoms with Gasteiger partial charge in [0, 0.05) is 0 Å². The molecule has 1 N–H and O–H groups in total. The predicted octanol–water partition coefficient (Wildman–Crippen LogP) is 4.85. The smallest absolute Gasteiger partial charge is 0.387 e. The number of hydrogen-bond donors (Lipinski definition) is 1. The second-order valence-electron chi connectivity index (χ2n) is 5.92. The zero-order chi connectivity index (χ0) is 20.7. The molecule has 7 heteroatoms. The number of nitriles is 1. The van der Waals surface area contributed by atoms with Gasteiger partial charge in [0.1, 0.15) is 23.1 Å². The Bertz CT molecular complexity index is 910. The number of halogens is 2. The molecule has 0 aromatic heterocycles. The standard InChI is InChI=1S/C21H20F2N2O3/c1-4-27-18-8-6-5-7-17(18)25-20(26)16(12-24)11-15-9-13(2)19(14(3)10-15)28-21(22)23/h5-11,21H,4H2,1-3H3,(H,25,26)/b16-11+. The van der Waals surface area contributed by atoms with Crippen LogP contribution in [-0.2, 0) is 4.79 Å². The molecule has 2 aromatic rings. The fourth-order valence-electron chi connectivity index (χ4n) is 2.70. The van der Waals surface area contributed by atoms with Crippen molar-refractivity contribution in [3.8, 4) is 17.6 Å². The van der Waals surface area contributed by atoms with Crippen LogP contribution in [0.4, 0.5) is 14.5 Å². The van der Waals surface area contributed by atoms with Crippen molar-refractivity contribution in [1.82, 2.24) is 0 Å². The third-order valence-corrected chi connectivity index (χ3v) is 3.80. The first-order valence-electron chi connectivity index (χ1n) is 8.56. The molecule has 0 unspecified atom stereocenters. The van der Waals surface area contributed by atoms with Crippen LogP contribution in [0.2, 0.25) is 0 Å². The van der Waals surface area contributed by atoms with Crippen LogP contribution in [0.3, 0.4) is 0 Å². The first-order valence-corrected chi connectivity index (χ1v) is 8.56. The van der Waals surface area contributed by atoms with Gasteiger partial charge >= 0.3 is 6.61 Å². The molecule has 146 valence electrons. The fourth-order valence-corrected chi connectivity index (χ4v) is 2.70. The molecule has 5 nitrogen and oxygen atoms in total. The van der Waals surface area contributed by atoms with Crippen molar-refractivity contribution in [3.05, 3.63) is 58.7 Å². The Labute approximate surface area is 162 Å². The number of nitrogens with zero attached hydrogens (tertiary/aromatic N) is 1. The largest absolute Gasteiger partial charge is 0.492 e. The lowest BCUT2D eigenvalue weighted by Crippen LogP contribution is -2.14. The Kier molecular flexibility index (Phi) is 7.10. The average molecular weight is 386 g/mol. The van der Waals surface area contributed by atoms with Gasteiger partial charge in [0.05, 0.1) is 12.3 Å². The van der Waals surface area contributed by atoms with Crippen molar-refractivity contribution in [2.24, 2.45) is 0 Å². The van der Waals surface area contributed by atoms with Crippen LogP contribution in [-0.4, -0.2) is 19.1 Å². The Morgan fingerprint density at radius 3 is 2.46 bits per heavy atom. The second-order valence-corrected chi connectivity index (χ2v) is 5.92. The summed E-state index contributed by atoms with van der Waals surface area (Å²) in [6.45, 7) is 2.56. The Morgan fingerprint density at radius 2 is 1.89 bits per heavy atom. The highest BCUT2D eigenvalue weighted by Gasteiger charge is 2.14. The van der Waals surface area contributed by atoms with Gasteiger partial charge in [-0.2, -0.15) is 14.0 Å². The number of hydrogen-bond acceptors (Lipinski definition) is 4. The summed E-state index contributed by atoms with van der Waals surface area (Å²) < 4.78 is 35.0. The van der Waals surface area contributed by atoms with E-state index in [1.54, 1.807) is 50.2 Å². The average Bonchev–Trinajstić information content (AvgIpc) is 2.64. The van der Waals surface area contributed by atoms with Crippen LogP contribution in [0, 0.1) is 25.2 Å². The Hall–Kier alpha value is -3.40. The van der Waals surface area contributed by atoms with E-state index in [0.29, 0.717) is 34.7 Å². The maximum Gasteiger partial charge on any atom is 0.387 e. The predicted molar refractivity (Wildman–Crippen MR) is 102 cm³/mol. The third kappa shape index (κ3) is 5.30. The molecule has 0 atom stereocenters. The van der Waals surface area contributed by atoms with Gasteiger partial charge in [-0.05, 0) is 67.8 Å². The van der Waals surface area contributed by atoms with Crippen LogP contribution in [0.1, 0.15) is 23.6 Å². The Morgan fingerprint density at radius 1 is 1.25 bits per heavy atom. The minimum absolute atomic E-state index is 0.0840. The van der Waals surface area contributed by atoms with Crippen molar-refractivity contribution >= 4 is 17.7 Å². The van der Waals surface area contributed by atoms with E-state index >= 15 is 0 Å². The normalized spacial score (nSPS) is 11.1. The highest BCUT2D eigenvalue weighted by atomic mass is 19.3. The van der Waals surface area contributed by atoms with Gasteiger partial charge in [-0.1, -0.05) is 12.1 Å². The maximum atomic E-state index is 12.5. The number of para-hydroxylation sites is 2. The lowest BCUT2D eigenvalue weighted by atomic mass is 10.0. The van der Waals surface area contributed by atoms with E-state index < -0.39 is 12.5 Å². The maximum absolute atomic E-state index is 12.5. The van der Waals surface area contributed by atoms with Gasteiger partial charge in [-0.25, -0.2) is 0 Å².